The molecule has 80 valence electrons. The third kappa shape index (κ3) is 3.69. The van der Waals surface area contributed by atoms with Crippen LogP contribution in [0, 0.1) is 5.92 Å². The molecule has 0 aliphatic heterocycles. The average molecular weight is 278 g/mol. The lowest BCUT2D eigenvalue weighted by Gasteiger charge is -2.19. The van der Waals surface area contributed by atoms with Crippen LogP contribution in [0.1, 0.15) is 18.7 Å². The molecule has 0 saturated heterocycles. The summed E-state index contributed by atoms with van der Waals surface area (Å²) in [5, 5.41) is 14.5. The van der Waals surface area contributed by atoms with Gasteiger partial charge in [0.1, 0.15) is 0 Å². The van der Waals surface area contributed by atoms with Gasteiger partial charge in [-0.25, -0.2) is 0 Å². The monoisotopic (exact) mass is 277 g/mol. The zero-order valence-electron chi connectivity index (χ0n) is 8.46. The Morgan fingerprint density at radius 2 is 2.29 bits per heavy atom. The minimum atomic E-state index is 0.191. The van der Waals surface area contributed by atoms with Gasteiger partial charge >= 0.3 is 0 Å². The molecule has 0 saturated carbocycles. The predicted molar refractivity (Wildman–Crippen MR) is 64.6 cm³/mol. The highest BCUT2D eigenvalue weighted by Crippen LogP contribution is 2.19. The summed E-state index contributed by atoms with van der Waals surface area (Å²) in [7, 11) is 0. The van der Waals surface area contributed by atoms with Crippen molar-refractivity contribution < 1.29 is 5.11 Å². The van der Waals surface area contributed by atoms with Crippen LogP contribution < -0.4 is 5.32 Å². The SMILES string of the molecule is CC(C)[C@@H](CO)NCc1cc(Br)cs1. The maximum absolute atomic E-state index is 9.11. The summed E-state index contributed by atoms with van der Waals surface area (Å²) >= 11 is 5.14. The molecular weight excluding hydrogens is 262 g/mol. The van der Waals surface area contributed by atoms with E-state index in [9.17, 15) is 0 Å². The van der Waals surface area contributed by atoms with Crippen LogP contribution in [-0.2, 0) is 6.54 Å². The van der Waals surface area contributed by atoms with Gasteiger partial charge in [0.2, 0.25) is 0 Å². The Bertz CT molecular complexity index is 275. The largest absolute Gasteiger partial charge is 0.395 e. The normalized spacial score (nSPS) is 13.5. The van der Waals surface area contributed by atoms with Crippen LogP contribution >= 0.6 is 27.3 Å². The molecule has 4 heteroatoms. The summed E-state index contributed by atoms with van der Waals surface area (Å²) in [6, 6.07) is 2.29. The van der Waals surface area contributed by atoms with Gasteiger partial charge < -0.3 is 10.4 Å². The Balaban J connectivity index is 2.39. The molecule has 0 radical (unpaired) electrons. The van der Waals surface area contributed by atoms with Crippen molar-refractivity contribution in [2.24, 2.45) is 5.92 Å². The standard InChI is InChI=1S/C10H16BrNOS/c1-7(2)10(5-13)12-4-9-3-8(11)6-14-9/h3,6-7,10,12-13H,4-5H2,1-2H3/t10-/m1/s1. The third-order valence-electron chi connectivity index (χ3n) is 2.16. The lowest BCUT2D eigenvalue weighted by atomic mass is 10.1. The Hall–Kier alpha value is 0.1000. The van der Waals surface area contributed by atoms with Gasteiger partial charge in [-0.3, -0.25) is 0 Å². The van der Waals surface area contributed by atoms with Gasteiger partial charge in [0.05, 0.1) is 6.61 Å². The second-order valence-corrected chi connectivity index (χ2v) is 5.56. The van der Waals surface area contributed by atoms with Gasteiger partial charge in [0.15, 0.2) is 0 Å². The van der Waals surface area contributed by atoms with Crippen LogP contribution in [-0.4, -0.2) is 17.8 Å². The summed E-state index contributed by atoms with van der Waals surface area (Å²) in [6.07, 6.45) is 0. The van der Waals surface area contributed by atoms with Crippen molar-refractivity contribution in [1.82, 2.24) is 5.32 Å². The fourth-order valence-electron chi connectivity index (χ4n) is 1.19. The Morgan fingerprint density at radius 1 is 1.57 bits per heavy atom. The second-order valence-electron chi connectivity index (χ2n) is 3.65. The predicted octanol–water partition coefficient (Wildman–Crippen LogP) is 2.62. The highest BCUT2D eigenvalue weighted by Gasteiger charge is 2.11. The van der Waals surface area contributed by atoms with E-state index in [-0.39, 0.29) is 12.6 Å². The molecule has 0 fully saturated rings. The van der Waals surface area contributed by atoms with Crippen molar-refractivity contribution in [3.8, 4) is 0 Å². The molecule has 0 bridgehead atoms. The second kappa shape index (κ2) is 5.85. The third-order valence-corrected chi connectivity index (χ3v) is 3.86. The van der Waals surface area contributed by atoms with E-state index in [1.807, 2.05) is 0 Å². The zero-order chi connectivity index (χ0) is 10.6. The number of aliphatic hydroxyl groups excluding tert-OH is 1. The van der Waals surface area contributed by atoms with Crippen LogP contribution in [0.5, 0.6) is 0 Å². The summed E-state index contributed by atoms with van der Waals surface area (Å²) in [5.41, 5.74) is 0. The van der Waals surface area contributed by atoms with E-state index in [0.717, 1.165) is 11.0 Å². The number of nitrogens with one attached hydrogen (secondary N) is 1. The molecule has 0 unspecified atom stereocenters. The van der Waals surface area contributed by atoms with E-state index < -0.39 is 0 Å². The maximum Gasteiger partial charge on any atom is 0.0587 e. The first-order valence-electron chi connectivity index (χ1n) is 4.70. The van der Waals surface area contributed by atoms with Gasteiger partial charge in [0, 0.05) is 27.3 Å². The maximum atomic E-state index is 9.11. The summed E-state index contributed by atoms with van der Waals surface area (Å²) in [4.78, 5) is 1.29. The van der Waals surface area contributed by atoms with Gasteiger partial charge in [-0.2, -0.15) is 0 Å². The number of hydrogen-bond acceptors (Lipinski definition) is 3. The number of halogens is 1. The quantitative estimate of drug-likeness (QED) is 0.867. The molecule has 0 aromatic carbocycles. The van der Waals surface area contributed by atoms with Crippen molar-refractivity contribution >= 4 is 27.3 Å². The lowest BCUT2D eigenvalue weighted by Crippen LogP contribution is -2.36. The molecule has 2 nitrogen and oxygen atoms in total. The zero-order valence-corrected chi connectivity index (χ0v) is 10.9. The minimum Gasteiger partial charge on any atom is -0.395 e. The van der Waals surface area contributed by atoms with Gasteiger partial charge in [-0.1, -0.05) is 13.8 Å². The van der Waals surface area contributed by atoms with Crippen molar-refractivity contribution in [2.75, 3.05) is 6.61 Å². The van der Waals surface area contributed by atoms with E-state index in [2.05, 4.69) is 46.5 Å². The van der Waals surface area contributed by atoms with E-state index in [1.165, 1.54) is 4.88 Å². The van der Waals surface area contributed by atoms with Crippen molar-refractivity contribution in [2.45, 2.75) is 26.4 Å². The highest BCUT2D eigenvalue weighted by molar-refractivity contribution is 9.10. The number of aliphatic hydroxyl groups is 1. The first-order valence-corrected chi connectivity index (χ1v) is 6.38. The molecule has 1 rings (SSSR count). The molecule has 0 aliphatic rings. The van der Waals surface area contributed by atoms with Crippen molar-refractivity contribution in [1.29, 1.82) is 0 Å². The van der Waals surface area contributed by atoms with Gasteiger partial charge in [0.25, 0.3) is 0 Å². The van der Waals surface area contributed by atoms with Crippen LogP contribution in [0.15, 0.2) is 15.9 Å². The fraction of sp³-hybridized carbons (Fsp3) is 0.600. The van der Waals surface area contributed by atoms with Gasteiger partial charge in [-0.15, -0.1) is 11.3 Å². The topological polar surface area (TPSA) is 32.3 Å². The smallest absolute Gasteiger partial charge is 0.0587 e. The molecule has 1 heterocycles. The van der Waals surface area contributed by atoms with Crippen LogP contribution in [0.25, 0.3) is 0 Å². The van der Waals surface area contributed by atoms with E-state index in [4.69, 9.17) is 5.11 Å². The molecular formula is C10H16BrNOS. The number of hydrogen-bond donors (Lipinski definition) is 2. The molecule has 2 N–H and O–H groups in total. The first-order chi connectivity index (χ1) is 6.63. The fourth-order valence-corrected chi connectivity index (χ4v) is 2.59. The number of thiophene rings is 1. The molecule has 0 aliphatic carbocycles. The van der Waals surface area contributed by atoms with E-state index in [0.29, 0.717) is 5.92 Å². The van der Waals surface area contributed by atoms with E-state index >= 15 is 0 Å². The summed E-state index contributed by atoms with van der Waals surface area (Å²) in [6.45, 7) is 5.25. The number of rotatable bonds is 5. The Morgan fingerprint density at radius 3 is 2.71 bits per heavy atom. The Labute approximate surface area is 97.5 Å². The lowest BCUT2D eigenvalue weighted by molar-refractivity contribution is 0.210. The summed E-state index contributed by atoms with van der Waals surface area (Å²) < 4.78 is 1.13. The van der Waals surface area contributed by atoms with Crippen LogP contribution in [0.2, 0.25) is 0 Å². The van der Waals surface area contributed by atoms with E-state index in [1.54, 1.807) is 11.3 Å². The van der Waals surface area contributed by atoms with Gasteiger partial charge in [-0.05, 0) is 27.9 Å². The molecule has 0 spiro atoms. The van der Waals surface area contributed by atoms with Crippen molar-refractivity contribution in [3.05, 3.63) is 20.8 Å². The molecule has 1 aromatic rings. The molecule has 0 amide bonds. The first kappa shape index (κ1) is 12.2. The minimum absolute atomic E-state index is 0.191. The van der Waals surface area contributed by atoms with Crippen molar-refractivity contribution in [3.63, 3.8) is 0 Å². The highest BCUT2D eigenvalue weighted by atomic mass is 79.9. The van der Waals surface area contributed by atoms with Crippen LogP contribution in [0.3, 0.4) is 0 Å². The molecule has 1 aromatic heterocycles. The Kier molecular flexibility index (Phi) is 5.09. The molecule has 1 atom stereocenters. The summed E-state index contributed by atoms with van der Waals surface area (Å²) in [5.74, 6) is 0.461. The molecule has 14 heavy (non-hydrogen) atoms. The average Bonchev–Trinajstić information content (AvgIpc) is 2.52. The van der Waals surface area contributed by atoms with Crippen LogP contribution in [0.4, 0.5) is 0 Å².